The first kappa shape index (κ1) is 23.8. The molecule has 35 heavy (non-hydrogen) atoms. The molecule has 3 fully saturated rings. The van der Waals surface area contributed by atoms with Crippen LogP contribution in [-0.4, -0.2) is 68.7 Å². The van der Waals surface area contributed by atoms with E-state index in [4.69, 9.17) is 0 Å². The Bertz CT molecular complexity index is 932. The second-order valence-electron chi connectivity index (χ2n) is 12.1. The molecule has 1 aliphatic carbocycles. The van der Waals surface area contributed by atoms with E-state index in [0.717, 1.165) is 38.0 Å². The highest BCUT2D eigenvalue weighted by atomic mass is 16.3. The number of hydrogen-bond acceptors (Lipinski definition) is 5. The van der Waals surface area contributed by atoms with E-state index in [1.165, 1.54) is 82.9 Å². The van der Waals surface area contributed by atoms with Gasteiger partial charge in [0.2, 0.25) is 0 Å². The van der Waals surface area contributed by atoms with Crippen LogP contribution in [0.5, 0.6) is 0 Å². The Morgan fingerprint density at radius 2 is 1.83 bits per heavy atom. The summed E-state index contributed by atoms with van der Waals surface area (Å²) in [5, 5.41) is 12.7. The highest BCUT2D eigenvalue weighted by molar-refractivity contribution is 5.35. The van der Waals surface area contributed by atoms with Gasteiger partial charge in [0.1, 0.15) is 0 Å². The van der Waals surface area contributed by atoms with Crippen LogP contribution in [0.1, 0.15) is 82.7 Å². The van der Waals surface area contributed by atoms with Crippen LogP contribution in [0, 0.1) is 11.3 Å². The van der Waals surface area contributed by atoms with E-state index >= 15 is 0 Å². The van der Waals surface area contributed by atoms with E-state index < -0.39 is 5.60 Å². The van der Waals surface area contributed by atoms with Gasteiger partial charge >= 0.3 is 0 Å². The van der Waals surface area contributed by atoms with Gasteiger partial charge in [-0.3, -0.25) is 14.9 Å². The normalized spacial score (nSPS) is 40.3. The molecule has 4 aliphatic heterocycles. The maximum atomic E-state index is 12.7. The second kappa shape index (κ2) is 10.1. The van der Waals surface area contributed by atoms with Crippen LogP contribution < -0.4 is 0 Å². The highest BCUT2D eigenvalue weighted by Crippen LogP contribution is 2.60. The molecule has 1 aromatic rings. The minimum absolute atomic E-state index is 0.145. The monoisotopic (exact) mass is 476 g/mol. The lowest BCUT2D eigenvalue weighted by atomic mass is 9.54. The maximum absolute atomic E-state index is 12.7. The Morgan fingerprint density at radius 3 is 2.74 bits per heavy atom. The van der Waals surface area contributed by atoms with Gasteiger partial charge in [-0.1, -0.05) is 43.1 Å². The Labute approximate surface area is 211 Å². The van der Waals surface area contributed by atoms with Crippen molar-refractivity contribution in [1.29, 1.82) is 0 Å². The van der Waals surface area contributed by atoms with Crippen LogP contribution in [0.3, 0.4) is 0 Å². The van der Waals surface area contributed by atoms with E-state index in [0.29, 0.717) is 12.0 Å². The zero-order valence-corrected chi connectivity index (χ0v) is 21.5. The average molecular weight is 477 g/mol. The van der Waals surface area contributed by atoms with Gasteiger partial charge in [-0.15, -0.1) is 0 Å². The van der Waals surface area contributed by atoms with Gasteiger partial charge in [0.15, 0.2) is 0 Å². The van der Waals surface area contributed by atoms with Gasteiger partial charge in [-0.05, 0) is 83.3 Å². The molecule has 0 radical (unpaired) electrons. The third-order valence-corrected chi connectivity index (χ3v) is 9.94. The number of rotatable bonds is 2. The van der Waals surface area contributed by atoms with E-state index in [-0.39, 0.29) is 11.5 Å². The van der Waals surface area contributed by atoms with Gasteiger partial charge < -0.3 is 10.0 Å². The fourth-order valence-corrected chi connectivity index (χ4v) is 8.70. The fourth-order valence-electron chi connectivity index (χ4n) is 8.70. The fraction of sp³-hybridized carbons (Fsp3) is 0.733. The first-order valence-electron chi connectivity index (χ1n) is 14.5. The predicted octanol–water partition coefficient (Wildman–Crippen LogP) is 4.93. The predicted molar refractivity (Wildman–Crippen MR) is 140 cm³/mol. The van der Waals surface area contributed by atoms with E-state index in [1.807, 2.05) is 12.4 Å². The number of aromatic nitrogens is 2. The molecule has 5 heteroatoms. The third-order valence-electron chi connectivity index (χ3n) is 9.94. The van der Waals surface area contributed by atoms with Crippen molar-refractivity contribution in [3.63, 3.8) is 0 Å². The lowest BCUT2D eigenvalue weighted by molar-refractivity contribution is -0.0983. The van der Waals surface area contributed by atoms with Crippen molar-refractivity contribution in [2.75, 3.05) is 26.2 Å². The molecule has 5 nitrogen and oxygen atoms in total. The van der Waals surface area contributed by atoms with Crippen LogP contribution in [0.2, 0.25) is 0 Å². The van der Waals surface area contributed by atoms with Crippen LogP contribution >= 0.6 is 0 Å². The topological polar surface area (TPSA) is 52.5 Å². The largest absolute Gasteiger partial charge is 0.384 e. The molecule has 6 rings (SSSR count). The van der Waals surface area contributed by atoms with Gasteiger partial charge in [-0.25, -0.2) is 0 Å². The zero-order valence-electron chi connectivity index (χ0n) is 21.5. The number of nitrogens with zero attached hydrogens (tertiary/aromatic N) is 4. The molecule has 3 saturated heterocycles. The number of hydrogen-bond donors (Lipinski definition) is 1. The molecule has 6 atom stereocenters. The minimum atomic E-state index is -0.774. The lowest BCUT2D eigenvalue weighted by Crippen LogP contribution is -2.66. The van der Waals surface area contributed by atoms with Crippen LogP contribution in [-0.2, 0) is 6.42 Å². The first-order valence-corrected chi connectivity index (χ1v) is 14.5. The summed E-state index contributed by atoms with van der Waals surface area (Å²) in [5.41, 5.74) is 1.85. The zero-order chi connectivity index (χ0) is 23.7. The maximum Gasteiger partial charge on any atom is 0.0994 e. The molecule has 190 valence electrons. The Morgan fingerprint density at radius 1 is 0.943 bits per heavy atom. The number of aliphatic hydroxyl groups is 1. The summed E-state index contributed by atoms with van der Waals surface area (Å²) in [6, 6.07) is 0.868. The molecular weight excluding hydrogens is 432 g/mol. The van der Waals surface area contributed by atoms with Crippen LogP contribution in [0.15, 0.2) is 42.4 Å². The van der Waals surface area contributed by atoms with E-state index in [1.54, 1.807) is 6.20 Å². The van der Waals surface area contributed by atoms with Gasteiger partial charge in [0.05, 0.1) is 11.3 Å². The molecule has 0 saturated carbocycles. The quantitative estimate of drug-likeness (QED) is 0.614. The summed E-state index contributed by atoms with van der Waals surface area (Å²) in [4.78, 5) is 14.6. The Kier molecular flexibility index (Phi) is 6.85. The van der Waals surface area contributed by atoms with Crippen molar-refractivity contribution in [3.05, 3.63) is 48.1 Å². The van der Waals surface area contributed by atoms with Crippen molar-refractivity contribution in [2.24, 2.45) is 11.3 Å². The van der Waals surface area contributed by atoms with Crippen molar-refractivity contribution in [3.8, 4) is 0 Å². The lowest BCUT2D eigenvalue weighted by Gasteiger charge is -2.58. The van der Waals surface area contributed by atoms with E-state index in [2.05, 4.69) is 38.0 Å². The SMILES string of the molecule is O[C@]12C=C(Cc3cnccn3)[C@@H]3CCN(CCCCC=CCC1)C[C@@]31C[C@@H]3CCCCCCN3[C@H]12. The van der Waals surface area contributed by atoms with Crippen LogP contribution in [0.4, 0.5) is 0 Å². The standard InChI is InChI=1S/C30H44N4O/c35-30-13-8-4-1-2-5-9-16-33-18-12-27(24(20-30)19-25-22-31-14-15-32-25)29(23-33)21-26-11-7-3-6-10-17-34(26)28(29)30/h1,4,14-15,20,22,26-28,35H,2-3,5-13,16-19,21,23H2/t26-,27-,28+,29-,30-/m0/s1. The molecule has 5 heterocycles. The van der Waals surface area contributed by atoms with Gasteiger partial charge in [0, 0.05) is 49.1 Å². The summed E-state index contributed by atoms with van der Waals surface area (Å²) >= 11 is 0. The molecule has 5 aliphatic rings. The van der Waals surface area contributed by atoms with E-state index in [9.17, 15) is 5.11 Å². The second-order valence-corrected chi connectivity index (χ2v) is 12.1. The molecular formula is C30H44N4O. The molecule has 0 aromatic carbocycles. The molecule has 1 unspecified atom stereocenters. The Hall–Kier alpha value is -1.56. The molecule has 1 N–H and O–H groups in total. The van der Waals surface area contributed by atoms with Crippen molar-refractivity contribution < 1.29 is 5.11 Å². The number of fused-ring (bicyclic) bond motifs is 2. The number of allylic oxidation sites excluding steroid dienone is 3. The molecule has 1 spiro atoms. The minimum Gasteiger partial charge on any atom is -0.384 e. The summed E-state index contributed by atoms with van der Waals surface area (Å²) < 4.78 is 0. The van der Waals surface area contributed by atoms with Crippen molar-refractivity contribution in [1.82, 2.24) is 19.8 Å². The van der Waals surface area contributed by atoms with Gasteiger partial charge in [0.25, 0.3) is 0 Å². The average Bonchev–Trinajstić information content (AvgIpc) is 3.13. The summed E-state index contributed by atoms with van der Waals surface area (Å²) in [6.45, 7) is 4.72. The summed E-state index contributed by atoms with van der Waals surface area (Å²) in [5.74, 6) is 0.542. The summed E-state index contributed by atoms with van der Waals surface area (Å²) in [6.07, 6.45) is 28.0. The first-order chi connectivity index (χ1) is 17.2. The summed E-state index contributed by atoms with van der Waals surface area (Å²) in [7, 11) is 0. The van der Waals surface area contributed by atoms with Gasteiger partial charge in [-0.2, -0.15) is 0 Å². The molecule has 1 aromatic heterocycles. The highest BCUT2D eigenvalue weighted by Gasteiger charge is 2.65. The third kappa shape index (κ3) is 4.53. The van der Waals surface area contributed by atoms with Crippen molar-refractivity contribution in [2.45, 2.75) is 101 Å². The Balaban J connectivity index is 1.45. The molecule has 3 bridgehead atoms. The van der Waals surface area contributed by atoms with Crippen LogP contribution in [0.25, 0.3) is 0 Å². The number of piperidine rings is 1. The van der Waals surface area contributed by atoms with Crippen molar-refractivity contribution >= 4 is 0 Å². The smallest absolute Gasteiger partial charge is 0.0994 e. The molecule has 0 amide bonds.